The lowest BCUT2D eigenvalue weighted by atomic mass is 9.97. The molecular weight excluding hydrogens is 573 g/mol. The van der Waals surface area contributed by atoms with E-state index in [1.165, 1.54) is 0 Å². The summed E-state index contributed by atoms with van der Waals surface area (Å²) in [5, 5.41) is 13.1. The highest BCUT2D eigenvalue weighted by atomic mass is 35.5. The van der Waals surface area contributed by atoms with Gasteiger partial charge >= 0.3 is 5.97 Å². The maximum Gasteiger partial charge on any atom is 0.305 e. The summed E-state index contributed by atoms with van der Waals surface area (Å²) in [5.74, 6) is -0.982. The second-order valence-electron chi connectivity index (χ2n) is 10.1. The third-order valence-corrected chi connectivity index (χ3v) is 6.91. The monoisotopic (exact) mass is 607 g/mol. The van der Waals surface area contributed by atoms with Crippen molar-refractivity contribution >= 4 is 47.5 Å². The molecule has 1 aromatic heterocycles. The van der Waals surface area contributed by atoms with Crippen LogP contribution < -0.4 is 10.1 Å². The van der Waals surface area contributed by atoms with Crippen molar-refractivity contribution in [3.63, 3.8) is 0 Å². The number of benzene rings is 2. The predicted octanol–water partition coefficient (Wildman–Crippen LogP) is 7.01. The van der Waals surface area contributed by atoms with Crippen molar-refractivity contribution in [1.82, 2.24) is 15.2 Å². The minimum absolute atomic E-state index is 0. The molecule has 2 aromatic carbocycles. The van der Waals surface area contributed by atoms with Crippen LogP contribution in [0, 0.1) is 12.8 Å². The molecule has 0 saturated heterocycles. The first-order valence-electron chi connectivity index (χ1n) is 12.8. The van der Waals surface area contributed by atoms with Gasteiger partial charge in [0.25, 0.3) is 5.91 Å². The quantitative estimate of drug-likeness (QED) is 0.215. The van der Waals surface area contributed by atoms with Gasteiger partial charge in [0.15, 0.2) is 0 Å². The summed E-state index contributed by atoms with van der Waals surface area (Å²) >= 11 is 13.0. The van der Waals surface area contributed by atoms with Gasteiger partial charge in [-0.2, -0.15) is 0 Å². The second-order valence-corrected chi connectivity index (χ2v) is 11.0. The molecule has 0 radical (unpaired) electrons. The van der Waals surface area contributed by atoms with Crippen molar-refractivity contribution < 1.29 is 19.4 Å². The Kier molecular flexibility index (Phi) is 12.7. The summed E-state index contributed by atoms with van der Waals surface area (Å²) in [4.78, 5) is 31.3. The average molecular weight is 609 g/mol. The molecule has 7 nitrogen and oxygen atoms in total. The fourth-order valence-corrected chi connectivity index (χ4v) is 4.47. The first-order valence-corrected chi connectivity index (χ1v) is 13.6. The van der Waals surface area contributed by atoms with Crippen molar-refractivity contribution in [3.8, 4) is 28.1 Å². The molecule has 1 amide bonds. The second kappa shape index (κ2) is 15.2. The van der Waals surface area contributed by atoms with E-state index < -0.39 is 17.9 Å². The van der Waals surface area contributed by atoms with E-state index in [1.807, 2.05) is 71.3 Å². The normalized spacial score (nSPS) is 11.7. The van der Waals surface area contributed by atoms with E-state index in [2.05, 4.69) is 10.2 Å². The number of carbonyl (C=O) groups excluding carboxylic acids is 1. The van der Waals surface area contributed by atoms with E-state index in [1.54, 1.807) is 12.1 Å². The standard InChI is InChI=1S/C30H35Cl2N3O4.ClH/c1-18(2)26(17-28(36)37)34-30(38)25-12-9-21(22-15-19(3)7-10-23(22)31)29(33-25)20-8-11-24(32)27(16-20)39-14-6-13-35(4)5;/h7-12,15-16,18,26H,6,13-14,17H2,1-5H3,(H,34,38)(H,36,37);1H/t26-;/m0./s1. The van der Waals surface area contributed by atoms with Gasteiger partial charge in [-0.3, -0.25) is 9.59 Å². The first kappa shape index (κ1) is 33.4. The Hall–Kier alpha value is -2.84. The first-order chi connectivity index (χ1) is 18.5. The van der Waals surface area contributed by atoms with Gasteiger partial charge in [0, 0.05) is 34.3 Å². The molecule has 0 aliphatic heterocycles. The van der Waals surface area contributed by atoms with Crippen LogP contribution in [-0.2, 0) is 4.79 Å². The SMILES string of the molecule is Cc1ccc(Cl)c(-c2ccc(C(=O)N[C@@H](CC(=O)O)C(C)C)nc2-c2ccc(Cl)c(OCCCN(C)C)c2)c1.Cl. The highest BCUT2D eigenvalue weighted by Gasteiger charge is 2.23. The van der Waals surface area contributed by atoms with E-state index in [-0.39, 0.29) is 30.4 Å². The number of nitrogens with zero attached hydrogens (tertiary/aromatic N) is 2. The summed E-state index contributed by atoms with van der Waals surface area (Å²) in [7, 11) is 4.01. The Balaban J connectivity index is 0.00000560. The maximum absolute atomic E-state index is 13.2. The molecule has 0 saturated carbocycles. The zero-order chi connectivity index (χ0) is 28.7. The third kappa shape index (κ3) is 9.10. The minimum Gasteiger partial charge on any atom is -0.492 e. The van der Waals surface area contributed by atoms with Gasteiger partial charge in [-0.05, 0) is 69.8 Å². The molecule has 0 aliphatic rings. The van der Waals surface area contributed by atoms with Gasteiger partial charge in [0.1, 0.15) is 11.4 Å². The molecule has 3 aromatic rings. The van der Waals surface area contributed by atoms with Crippen LogP contribution >= 0.6 is 35.6 Å². The van der Waals surface area contributed by atoms with Gasteiger partial charge in [0.2, 0.25) is 0 Å². The molecule has 0 bridgehead atoms. The number of hydrogen-bond acceptors (Lipinski definition) is 5. The minimum atomic E-state index is -0.980. The van der Waals surface area contributed by atoms with Crippen molar-refractivity contribution in [2.24, 2.45) is 5.92 Å². The van der Waals surface area contributed by atoms with E-state index in [0.29, 0.717) is 33.7 Å². The highest BCUT2D eigenvalue weighted by Crippen LogP contribution is 2.38. The van der Waals surface area contributed by atoms with Gasteiger partial charge in [-0.15, -0.1) is 12.4 Å². The average Bonchev–Trinajstić information content (AvgIpc) is 2.87. The molecule has 0 spiro atoms. The fourth-order valence-electron chi connectivity index (χ4n) is 4.08. The Morgan fingerprint density at radius 3 is 2.38 bits per heavy atom. The number of ether oxygens (including phenoxy) is 1. The van der Waals surface area contributed by atoms with Crippen LogP contribution in [0.25, 0.3) is 22.4 Å². The van der Waals surface area contributed by atoms with E-state index >= 15 is 0 Å². The molecule has 0 aliphatic carbocycles. The molecule has 3 rings (SSSR count). The van der Waals surface area contributed by atoms with Crippen LogP contribution in [0.15, 0.2) is 48.5 Å². The zero-order valence-corrected chi connectivity index (χ0v) is 25.7. The van der Waals surface area contributed by atoms with Crippen LogP contribution in [0.3, 0.4) is 0 Å². The Morgan fingerprint density at radius 2 is 1.73 bits per heavy atom. The van der Waals surface area contributed by atoms with E-state index in [9.17, 15) is 14.7 Å². The lowest BCUT2D eigenvalue weighted by Gasteiger charge is -2.21. The lowest BCUT2D eigenvalue weighted by molar-refractivity contribution is -0.137. The van der Waals surface area contributed by atoms with Crippen molar-refractivity contribution in [2.45, 2.75) is 39.7 Å². The molecule has 40 heavy (non-hydrogen) atoms. The molecular formula is C30H36Cl3N3O4. The third-order valence-electron chi connectivity index (χ3n) is 6.27. The Bertz CT molecular complexity index is 1330. The number of pyridine rings is 1. The van der Waals surface area contributed by atoms with Crippen molar-refractivity contribution in [1.29, 1.82) is 0 Å². The number of carboxylic acid groups (broad SMARTS) is 1. The fraction of sp³-hybridized carbons (Fsp3) is 0.367. The zero-order valence-electron chi connectivity index (χ0n) is 23.3. The van der Waals surface area contributed by atoms with Crippen molar-refractivity contribution in [2.75, 3.05) is 27.2 Å². The summed E-state index contributed by atoms with van der Waals surface area (Å²) in [6.07, 6.45) is 0.651. The van der Waals surface area contributed by atoms with Crippen LogP contribution in [0.2, 0.25) is 10.0 Å². The predicted molar refractivity (Wildman–Crippen MR) is 164 cm³/mol. The summed E-state index contributed by atoms with van der Waals surface area (Å²) in [5.41, 5.74) is 3.95. The largest absolute Gasteiger partial charge is 0.492 e. The van der Waals surface area contributed by atoms with E-state index in [0.717, 1.165) is 29.7 Å². The summed E-state index contributed by atoms with van der Waals surface area (Å²) in [6.45, 7) is 7.08. The van der Waals surface area contributed by atoms with Gasteiger partial charge in [-0.25, -0.2) is 4.98 Å². The Morgan fingerprint density at radius 1 is 1.02 bits per heavy atom. The van der Waals surface area contributed by atoms with Gasteiger partial charge in [-0.1, -0.05) is 54.7 Å². The number of aryl methyl sites for hydroxylation is 1. The highest BCUT2D eigenvalue weighted by molar-refractivity contribution is 6.33. The Labute approximate surface area is 252 Å². The summed E-state index contributed by atoms with van der Waals surface area (Å²) < 4.78 is 5.98. The van der Waals surface area contributed by atoms with E-state index in [4.69, 9.17) is 32.9 Å². The molecule has 1 heterocycles. The van der Waals surface area contributed by atoms with Crippen LogP contribution in [-0.4, -0.2) is 60.2 Å². The molecule has 10 heteroatoms. The van der Waals surface area contributed by atoms with Crippen LogP contribution in [0.4, 0.5) is 0 Å². The van der Waals surface area contributed by atoms with Crippen molar-refractivity contribution in [3.05, 3.63) is 69.8 Å². The molecule has 216 valence electrons. The number of carbonyl (C=O) groups is 2. The number of halogens is 3. The van der Waals surface area contributed by atoms with Gasteiger partial charge in [0.05, 0.1) is 23.7 Å². The molecule has 0 unspecified atom stereocenters. The topological polar surface area (TPSA) is 91.8 Å². The van der Waals surface area contributed by atoms with Crippen LogP contribution in [0.1, 0.15) is 42.7 Å². The number of aliphatic carboxylic acids is 1. The number of rotatable bonds is 12. The number of nitrogens with one attached hydrogen (secondary N) is 1. The summed E-state index contributed by atoms with van der Waals surface area (Å²) in [6, 6.07) is 14.0. The van der Waals surface area contributed by atoms with Gasteiger partial charge < -0.3 is 20.1 Å². The maximum atomic E-state index is 13.2. The molecule has 2 N–H and O–H groups in total. The molecule has 0 fully saturated rings. The number of hydrogen-bond donors (Lipinski definition) is 2. The number of amides is 1. The number of aromatic nitrogens is 1. The van der Waals surface area contributed by atoms with Crippen LogP contribution in [0.5, 0.6) is 5.75 Å². The smallest absolute Gasteiger partial charge is 0.305 e. The number of carboxylic acids is 1. The lowest BCUT2D eigenvalue weighted by Crippen LogP contribution is -2.40. The molecule has 1 atom stereocenters.